The van der Waals surface area contributed by atoms with Crippen LogP contribution >= 0.6 is 11.6 Å². The van der Waals surface area contributed by atoms with E-state index in [1.165, 1.54) is 18.2 Å². The molecule has 1 aromatic carbocycles. The highest BCUT2D eigenvalue weighted by Gasteiger charge is 2.08. The largest absolute Gasteiger partial charge is 0.393 e. The molecule has 1 unspecified atom stereocenters. The molecule has 0 radical (unpaired) electrons. The van der Waals surface area contributed by atoms with Crippen molar-refractivity contribution in [1.82, 2.24) is 0 Å². The molecule has 1 atom stereocenters. The Morgan fingerprint density at radius 3 is 2.86 bits per heavy atom. The summed E-state index contributed by atoms with van der Waals surface area (Å²) in [6, 6.07) is 4.12. The van der Waals surface area contributed by atoms with Gasteiger partial charge < -0.3 is 10.8 Å². The molecule has 0 spiro atoms. The summed E-state index contributed by atoms with van der Waals surface area (Å²) in [5, 5.41) is 9.93. The third-order valence-electron chi connectivity index (χ3n) is 1.96. The lowest BCUT2D eigenvalue weighted by molar-refractivity contribution is 0.167. The molecule has 0 aliphatic rings. The van der Waals surface area contributed by atoms with Gasteiger partial charge in [-0.05, 0) is 43.1 Å². The lowest BCUT2D eigenvalue weighted by Crippen LogP contribution is -2.16. The average Bonchev–Trinajstić information content (AvgIpc) is 2.12. The van der Waals surface area contributed by atoms with Crippen LogP contribution in [0.4, 0.5) is 4.39 Å². The van der Waals surface area contributed by atoms with Crippen LogP contribution in [0, 0.1) is 5.82 Å². The highest BCUT2D eigenvalue weighted by molar-refractivity contribution is 6.31. The second-order valence-electron chi connectivity index (χ2n) is 3.17. The van der Waals surface area contributed by atoms with E-state index in [1.54, 1.807) is 0 Å². The van der Waals surface area contributed by atoms with Crippen molar-refractivity contribution in [2.45, 2.75) is 18.9 Å². The zero-order chi connectivity index (χ0) is 10.6. The minimum atomic E-state index is -0.556. The van der Waals surface area contributed by atoms with Gasteiger partial charge >= 0.3 is 0 Å². The zero-order valence-electron chi connectivity index (χ0n) is 7.71. The standard InChI is InChI=1S/C10H13ClFNO/c11-10-2-1-8(12)5-7(10)6-9(14)3-4-13/h1-2,5,9,14H,3-4,6,13H2. The van der Waals surface area contributed by atoms with Crippen LogP contribution in [0.25, 0.3) is 0 Å². The van der Waals surface area contributed by atoms with Crippen LogP contribution in [-0.2, 0) is 6.42 Å². The van der Waals surface area contributed by atoms with Crippen LogP contribution in [0.5, 0.6) is 0 Å². The van der Waals surface area contributed by atoms with Gasteiger partial charge in [0.15, 0.2) is 0 Å². The van der Waals surface area contributed by atoms with Crippen molar-refractivity contribution in [2.75, 3.05) is 6.54 Å². The smallest absolute Gasteiger partial charge is 0.123 e. The first-order chi connectivity index (χ1) is 6.63. The van der Waals surface area contributed by atoms with Gasteiger partial charge in [0.1, 0.15) is 5.82 Å². The summed E-state index contributed by atoms with van der Waals surface area (Å²) in [6.45, 7) is 0.411. The zero-order valence-corrected chi connectivity index (χ0v) is 8.47. The summed E-state index contributed by atoms with van der Waals surface area (Å²) in [4.78, 5) is 0. The van der Waals surface area contributed by atoms with Crippen molar-refractivity contribution in [3.63, 3.8) is 0 Å². The molecule has 2 nitrogen and oxygen atoms in total. The van der Waals surface area contributed by atoms with Crippen LogP contribution in [0.1, 0.15) is 12.0 Å². The Kier molecular flexibility index (Phi) is 4.32. The van der Waals surface area contributed by atoms with Crippen molar-refractivity contribution in [3.8, 4) is 0 Å². The Bertz CT molecular complexity index is 306. The van der Waals surface area contributed by atoms with Crippen molar-refractivity contribution >= 4 is 11.6 Å². The molecule has 0 saturated heterocycles. The molecule has 3 N–H and O–H groups in total. The van der Waals surface area contributed by atoms with Crippen molar-refractivity contribution in [3.05, 3.63) is 34.6 Å². The number of hydrogen-bond donors (Lipinski definition) is 2. The van der Waals surface area contributed by atoms with Gasteiger partial charge in [-0.3, -0.25) is 0 Å². The van der Waals surface area contributed by atoms with Crippen LogP contribution in [-0.4, -0.2) is 17.8 Å². The fourth-order valence-corrected chi connectivity index (χ4v) is 1.44. The van der Waals surface area contributed by atoms with Gasteiger partial charge in [0.05, 0.1) is 6.10 Å². The molecule has 0 saturated carbocycles. The second kappa shape index (κ2) is 5.29. The quantitative estimate of drug-likeness (QED) is 0.807. The van der Waals surface area contributed by atoms with E-state index in [2.05, 4.69) is 0 Å². The van der Waals surface area contributed by atoms with Crippen LogP contribution in [0.2, 0.25) is 5.02 Å². The molecule has 78 valence electrons. The molecular formula is C10H13ClFNO. The summed E-state index contributed by atoms with van der Waals surface area (Å²) in [5.74, 6) is -0.343. The van der Waals surface area contributed by atoms with E-state index in [-0.39, 0.29) is 5.82 Å². The minimum Gasteiger partial charge on any atom is -0.393 e. The van der Waals surface area contributed by atoms with E-state index in [0.29, 0.717) is 30.0 Å². The Hall–Kier alpha value is -0.640. The number of aliphatic hydroxyl groups excluding tert-OH is 1. The van der Waals surface area contributed by atoms with E-state index in [1.807, 2.05) is 0 Å². The number of halogens is 2. The summed E-state index contributed by atoms with van der Waals surface area (Å²) in [6.07, 6.45) is 0.278. The predicted octanol–water partition coefficient (Wildman–Crippen LogP) is 1.73. The first-order valence-corrected chi connectivity index (χ1v) is 4.83. The molecule has 14 heavy (non-hydrogen) atoms. The van der Waals surface area contributed by atoms with E-state index in [0.717, 1.165) is 0 Å². The Labute approximate surface area is 87.5 Å². The fourth-order valence-electron chi connectivity index (χ4n) is 1.25. The number of nitrogens with two attached hydrogens (primary N) is 1. The maximum Gasteiger partial charge on any atom is 0.123 e. The lowest BCUT2D eigenvalue weighted by atomic mass is 10.1. The number of aliphatic hydroxyl groups is 1. The fraction of sp³-hybridized carbons (Fsp3) is 0.400. The molecular weight excluding hydrogens is 205 g/mol. The third-order valence-corrected chi connectivity index (χ3v) is 2.33. The Balaban J connectivity index is 2.70. The molecule has 0 bridgehead atoms. The number of benzene rings is 1. The molecule has 0 aliphatic carbocycles. The molecule has 0 aromatic heterocycles. The predicted molar refractivity (Wildman–Crippen MR) is 54.8 cm³/mol. The van der Waals surface area contributed by atoms with Gasteiger partial charge in [-0.25, -0.2) is 4.39 Å². The van der Waals surface area contributed by atoms with E-state index in [4.69, 9.17) is 17.3 Å². The van der Waals surface area contributed by atoms with Gasteiger partial charge in [0.25, 0.3) is 0 Å². The highest BCUT2D eigenvalue weighted by atomic mass is 35.5. The molecule has 0 fully saturated rings. The summed E-state index contributed by atoms with van der Waals surface area (Å²) in [7, 11) is 0. The van der Waals surface area contributed by atoms with Crippen LogP contribution in [0.15, 0.2) is 18.2 Å². The van der Waals surface area contributed by atoms with Gasteiger partial charge in [0, 0.05) is 5.02 Å². The molecule has 1 aromatic rings. The lowest BCUT2D eigenvalue weighted by Gasteiger charge is -2.10. The van der Waals surface area contributed by atoms with E-state index in [9.17, 15) is 9.50 Å². The number of hydrogen-bond acceptors (Lipinski definition) is 2. The SMILES string of the molecule is NCCC(O)Cc1cc(F)ccc1Cl. The van der Waals surface area contributed by atoms with E-state index >= 15 is 0 Å². The maximum absolute atomic E-state index is 12.8. The number of rotatable bonds is 4. The van der Waals surface area contributed by atoms with E-state index < -0.39 is 6.10 Å². The normalized spacial score (nSPS) is 12.9. The minimum absolute atomic E-state index is 0.341. The van der Waals surface area contributed by atoms with Gasteiger partial charge in [-0.2, -0.15) is 0 Å². The van der Waals surface area contributed by atoms with Crippen molar-refractivity contribution < 1.29 is 9.50 Å². The molecule has 4 heteroatoms. The monoisotopic (exact) mass is 217 g/mol. The summed E-state index contributed by atoms with van der Waals surface area (Å²) >= 11 is 5.83. The molecule has 0 heterocycles. The maximum atomic E-state index is 12.8. The van der Waals surface area contributed by atoms with Gasteiger partial charge in [-0.15, -0.1) is 0 Å². The van der Waals surface area contributed by atoms with Crippen LogP contribution < -0.4 is 5.73 Å². The summed E-state index contributed by atoms with van der Waals surface area (Å²) < 4.78 is 12.8. The first-order valence-electron chi connectivity index (χ1n) is 4.45. The Morgan fingerprint density at radius 1 is 1.50 bits per heavy atom. The molecule has 1 rings (SSSR count). The van der Waals surface area contributed by atoms with Crippen molar-refractivity contribution in [1.29, 1.82) is 0 Å². The highest BCUT2D eigenvalue weighted by Crippen LogP contribution is 2.19. The third kappa shape index (κ3) is 3.25. The van der Waals surface area contributed by atoms with Gasteiger partial charge in [0.2, 0.25) is 0 Å². The van der Waals surface area contributed by atoms with Crippen molar-refractivity contribution in [2.24, 2.45) is 5.73 Å². The second-order valence-corrected chi connectivity index (χ2v) is 3.58. The average molecular weight is 218 g/mol. The van der Waals surface area contributed by atoms with Gasteiger partial charge in [-0.1, -0.05) is 11.6 Å². The molecule has 0 aliphatic heterocycles. The molecule has 0 amide bonds. The summed E-state index contributed by atoms with van der Waals surface area (Å²) in [5.41, 5.74) is 5.90. The topological polar surface area (TPSA) is 46.2 Å². The van der Waals surface area contributed by atoms with Crippen LogP contribution in [0.3, 0.4) is 0 Å². The first kappa shape index (κ1) is 11.4. The Morgan fingerprint density at radius 2 is 2.21 bits per heavy atom.